The zero-order valence-electron chi connectivity index (χ0n) is 14.1. The van der Waals surface area contributed by atoms with Crippen LogP contribution in [0.3, 0.4) is 0 Å². The molecule has 0 fully saturated rings. The molecular weight excluding hydrogens is 314 g/mol. The average molecular weight is 335 g/mol. The van der Waals surface area contributed by atoms with Crippen LogP contribution in [0.25, 0.3) is 11.4 Å². The number of nitrogens with zero attached hydrogens (tertiary/aromatic N) is 6. The summed E-state index contributed by atoms with van der Waals surface area (Å²) in [4.78, 5) is 13.6. The SMILES string of the molecule is c1cc(-c2nc3c(c(NCCCCn4cnnc4)n2)CCC3)ccn1. The largest absolute Gasteiger partial charge is 0.370 e. The van der Waals surface area contributed by atoms with E-state index in [9.17, 15) is 0 Å². The van der Waals surface area contributed by atoms with E-state index in [1.165, 1.54) is 11.3 Å². The lowest BCUT2D eigenvalue weighted by molar-refractivity contribution is 0.619. The fourth-order valence-electron chi connectivity index (χ4n) is 3.17. The smallest absolute Gasteiger partial charge is 0.161 e. The molecule has 0 atom stereocenters. The molecule has 1 aliphatic carbocycles. The van der Waals surface area contributed by atoms with E-state index in [1.807, 2.05) is 16.7 Å². The van der Waals surface area contributed by atoms with E-state index in [-0.39, 0.29) is 0 Å². The minimum absolute atomic E-state index is 0.787. The molecule has 7 nitrogen and oxygen atoms in total. The number of hydrogen-bond donors (Lipinski definition) is 1. The first-order valence-electron chi connectivity index (χ1n) is 8.76. The van der Waals surface area contributed by atoms with Gasteiger partial charge in [0.05, 0.1) is 0 Å². The Kier molecular flexibility index (Phi) is 4.63. The van der Waals surface area contributed by atoms with Crippen LogP contribution in [0, 0.1) is 0 Å². The molecule has 0 saturated heterocycles. The first kappa shape index (κ1) is 15.7. The predicted molar refractivity (Wildman–Crippen MR) is 95.0 cm³/mol. The van der Waals surface area contributed by atoms with Crippen molar-refractivity contribution in [2.75, 3.05) is 11.9 Å². The highest BCUT2D eigenvalue weighted by atomic mass is 15.2. The Morgan fingerprint density at radius 2 is 1.84 bits per heavy atom. The van der Waals surface area contributed by atoms with Crippen molar-refractivity contribution in [3.63, 3.8) is 0 Å². The molecule has 3 heterocycles. The maximum atomic E-state index is 4.79. The molecule has 0 bridgehead atoms. The summed E-state index contributed by atoms with van der Waals surface area (Å²) in [6.45, 7) is 1.85. The van der Waals surface area contributed by atoms with Crippen molar-refractivity contribution in [3.05, 3.63) is 48.4 Å². The number of aromatic nitrogens is 6. The van der Waals surface area contributed by atoms with Crippen LogP contribution in [0.4, 0.5) is 5.82 Å². The normalized spacial score (nSPS) is 13.0. The Labute approximate surface area is 146 Å². The van der Waals surface area contributed by atoms with Gasteiger partial charge in [-0.15, -0.1) is 10.2 Å². The summed E-state index contributed by atoms with van der Waals surface area (Å²) in [6, 6.07) is 3.92. The van der Waals surface area contributed by atoms with Crippen LogP contribution in [0.2, 0.25) is 0 Å². The number of nitrogens with one attached hydrogen (secondary N) is 1. The Morgan fingerprint density at radius 3 is 2.68 bits per heavy atom. The maximum absolute atomic E-state index is 4.79. The van der Waals surface area contributed by atoms with Crippen molar-refractivity contribution in [1.82, 2.24) is 29.7 Å². The molecule has 0 aromatic carbocycles. The van der Waals surface area contributed by atoms with Crippen LogP contribution < -0.4 is 5.32 Å². The van der Waals surface area contributed by atoms with Crippen LogP contribution in [0.5, 0.6) is 0 Å². The van der Waals surface area contributed by atoms with Gasteiger partial charge in [0, 0.05) is 42.3 Å². The van der Waals surface area contributed by atoms with Crippen LogP contribution in [0.15, 0.2) is 37.2 Å². The Morgan fingerprint density at radius 1 is 1.00 bits per heavy atom. The Bertz CT molecular complexity index is 815. The second kappa shape index (κ2) is 7.38. The summed E-state index contributed by atoms with van der Waals surface area (Å²) in [5.41, 5.74) is 3.49. The van der Waals surface area contributed by atoms with Crippen LogP contribution >= 0.6 is 0 Å². The zero-order chi connectivity index (χ0) is 16.9. The quantitative estimate of drug-likeness (QED) is 0.668. The molecule has 4 rings (SSSR count). The number of pyridine rings is 1. The molecular formula is C18H21N7. The van der Waals surface area contributed by atoms with Crippen molar-refractivity contribution >= 4 is 5.82 Å². The number of unbranched alkanes of at least 4 members (excludes halogenated alkanes) is 1. The monoisotopic (exact) mass is 335 g/mol. The van der Waals surface area contributed by atoms with Crippen LogP contribution in [-0.4, -0.2) is 36.3 Å². The maximum Gasteiger partial charge on any atom is 0.161 e. The molecule has 0 spiro atoms. The Balaban J connectivity index is 1.42. The van der Waals surface area contributed by atoms with E-state index in [0.717, 1.165) is 62.4 Å². The molecule has 0 amide bonds. The van der Waals surface area contributed by atoms with Crippen molar-refractivity contribution in [3.8, 4) is 11.4 Å². The first-order chi connectivity index (χ1) is 12.4. The van der Waals surface area contributed by atoms with Gasteiger partial charge in [-0.05, 0) is 44.2 Å². The number of rotatable bonds is 7. The van der Waals surface area contributed by atoms with Gasteiger partial charge in [-0.25, -0.2) is 9.97 Å². The fourth-order valence-corrected chi connectivity index (χ4v) is 3.17. The summed E-state index contributed by atoms with van der Waals surface area (Å²) >= 11 is 0. The molecule has 0 unspecified atom stereocenters. The summed E-state index contributed by atoms with van der Waals surface area (Å²) in [7, 11) is 0. The van der Waals surface area contributed by atoms with Crippen LogP contribution in [0.1, 0.15) is 30.5 Å². The average Bonchev–Trinajstić information content (AvgIpc) is 3.33. The summed E-state index contributed by atoms with van der Waals surface area (Å²) in [5, 5.41) is 11.2. The molecule has 1 aliphatic rings. The van der Waals surface area contributed by atoms with Gasteiger partial charge >= 0.3 is 0 Å². The predicted octanol–water partition coefficient (Wildman–Crippen LogP) is 2.51. The molecule has 3 aromatic rings. The standard InChI is InChI=1S/C18H21N7/c1(2-11-25-12-21-22-13-25)8-20-18-15-4-3-5-16(15)23-17(24-18)14-6-9-19-10-7-14/h6-7,9-10,12-13H,1-5,8,11H2,(H,20,23,24). The number of anilines is 1. The Hall–Kier alpha value is -2.83. The number of hydrogen-bond acceptors (Lipinski definition) is 6. The fraction of sp³-hybridized carbons (Fsp3) is 0.389. The summed E-state index contributed by atoms with van der Waals surface area (Å²) in [6.07, 6.45) is 12.5. The molecule has 7 heteroatoms. The minimum atomic E-state index is 0.787. The van der Waals surface area contributed by atoms with Crippen molar-refractivity contribution in [1.29, 1.82) is 0 Å². The van der Waals surface area contributed by atoms with E-state index in [2.05, 4.69) is 20.5 Å². The van der Waals surface area contributed by atoms with E-state index in [1.54, 1.807) is 25.0 Å². The molecule has 128 valence electrons. The van der Waals surface area contributed by atoms with Gasteiger partial charge < -0.3 is 9.88 Å². The minimum Gasteiger partial charge on any atom is -0.370 e. The lowest BCUT2D eigenvalue weighted by atomic mass is 10.2. The third-order valence-electron chi connectivity index (χ3n) is 4.47. The van der Waals surface area contributed by atoms with Gasteiger partial charge in [-0.2, -0.15) is 0 Å². The summed E-state index contributed by atoms with van der Waals surface area (Å²) < 4.78 is 2.00. The molecule has 0 saturated carbocycles. The highest BCUT2D eigenvalue weighted by Gasteiger charge is 2.19. The highest BCUT2D eigenvalue weighted by molar-refractivity contribution is 5.60. The molecule has 0 aliphatic heterocycles. The van der Waals surface area contributed by atoms with E-state index >= 15 is 0 Å². The number of aryl methyl sites for hydroxylation is 2. The molecule has 0 radical (unpaired) electrons. The third-order valence-corrected chi connectivity index (χ3v) is 4.47. The van der Waals surface area contributed by atoms with Gasteiger partial charge in [0.1, 0.15) is 18.5 Å². The van der Waals surface area contributed by atoms with Gasteiger partial charge in [0.25, 0.3) is 0 Å². The second-order valence-electron chi connectivity index (χ2n) is 6.24. The van der Waals surface area contributed by atoms with Gasteiger partial charge in [0.2, 0.25) is 0 Å². The van der Waals surface area contributed by atoms with Crippen molar-refractivity contribution < 1.29 is 0 Å². The molecule has 1 N–H and O–H groups in total. The summed E-state index contributed by atoms with van der Waals surface area (Å²) in [5.74, 6) is 1.79. The van der Waals surface area contributed by atoms with Gasteiger partial charge in [-0.3, -0.25) is 4.98 Å². The van der Waals surface area contributed by atoms with E-state index in [4.69, 9.17) is 9.97 Å². The topological polar surface area (TPSA) is 81.4 Å². The molecule has 3 aromatic heterocycles. The van der Waals surface area contributed by atoms with Crippen molar-refractivity contribution in [2.24, 2.45) is 0 Å². The van der Waals surface area contributed by atoms with Crippen LogP contribution in [-0.2, 0) is 19.4 Å². The molecule has 25 heavy (non-hydrogen) atoms. The third kappa shape index (κ3) is 3.65. The first-order valence-corrected chi connectivity index (χ1v) is 8.76. The number of fused-ring (bicyclic) bond motifs is 1. The zero-order valence-corrected chi connectivity index (χ0v) is 14.1. The van der Waals surface area contributed by atoms with E-state index in [0.29, 0.717) is 0 Å². The lowest BCUT2D eigenvalue weighted by Gasteiger charge is -2.12. The second-order valence-corrected chi connectivity index (χ2v) is 6.24. The van der Waals surface area contributed by atoms with E-state index < -0.39 is 0 Å². The highest BCUT2D eigenvalue weighted by Crippen LogP contribution is 2.29. The van der Waals surface area contributed by atoms with Gasteiger partial charge in [-0.1, -0.05) is 0 Å². The van der Waals surface area contributed by atoms with Crippen molar-refractivity contribution in [2.45, 2.75) is 38.6 Å². The lowest BCUT2D eigenvalue weighted by Crippen LogP contribution is -2.09. The van der Waals surface area contributed by atoms with Gasteiger partial charge in [0.15, 0.2) is 5.82 Å².